The van der Waals surface area contributed by atoms with E-state index in [1.807, 2.05) is 42.5 Å². The summed E-state index contributed by atoms with van der Waals surface area (Å²) < 4.78 is 8.00. The molecule has 0 saturated heterocycles. The molecule has 8 heteroatoms. The average molecular weight is 409 g/mol. The van der Waals surface area contributed by atoms with Gasteiger partial charge in [0.25, 0.3) is 0 Å². The molecule has 2 amide bonds. The Balaban J connectivity index is 1.45. The van der Waals surface area contributed by atoms with Crippen molar-refractivity contribution in [2.75, 3.05) is 20.2 Å². The topological polar surface area (TPSA) is 90.2 Å². The highest BCUT2D eigenvalue weighted by atomic mass is 16.5. The maximum absolute atomic E-state index is 12.4. The Morgan fingerprint density at radius 1 is 1.03 bits per heavy atom. The molecule has 3 rings (SSSR count). The number of rotatable bonds is 9. The van der Waals surface area contributed by atoms with E-state index in [4.69, 9.17) is 4.74 Å². The van der Waals surface area contributed by atoms with Gasteiger partial charge in [0.15, 0.2) is 5.82 Å². The van der Waals surface area contributed by atoms with E-state index in [0.717, 1.165) is 24.2 Å². The number of ether oxygens (including phenoxy) is 1. The van der Waals surface area contributed by atoms with E-state index in [1.165, 1.54) is 14.8 Å². The Kier molecular flexibility index (Phi) is 7.26. The van der Waals surface area contributed by atoms with Gasteiger partial charge in [0.2, 0.25) is 0 Å². The van der Waals surface area contributed by atoms with E-state index in [-0.39, 0.29) is 11.7 Å². The van der Waals surface area contributed by atoms with E-state index < -0.39 is 0 Å². The highest BCUT2D eigenvalue weighted by Gasteiger charge is 2.12. The predicted octanol–water partition coefficient (Wildman–Crippen LogP) is 2.19. The number of aromatic nitrogens is 3. The number of aryl methyl sites for hydroxylation is 1. The van der Waals surface area contributed by atoms with Crippen molar-refractivity contribution in [2.45, 2.75) is 19.4 Å². The first kappa shape index (κ1) is 21.2. The van der Waals surface area contributed by atoms with Crippen LogP contribution in [0.15, 0.2) is 59.4 Å². The first-order chi connectivity index (χ1) is 14.6. The summed E-state index contributed by atoms with van der Waals surface area (Å²) in [6.45, 7) is 1.19. The minimum atomic E-state index is -0.248. The number of methoxy groups -OCH3 is 1. The van der Waals surface area contributed by atoms with Crippen molar-refractivity contribution in [3.63, 3.8) is 0 Å². The third-order valence-electron chi connectivity index (χ3n) is 4.77. The van der Waals surface area contributed by atoms with Gasteiger partial charge in [-0.3, -0.25) is 4.57 Å². The normalized spacial score (nSPS) is 10.6. The van der Waals surface area contributed by atoms with Crippen LogP contribution in [-0.4, -0.2) is 40.6 Å². The zero-order chi connectivity index (χ0) is 21.3. The maximum Gasteiger partial charge on any atom is 0.345 e. The van der Waals surface area contributed by atoms with Crippen molar-refractivity contribution < 1.29 is 9.53 Å². The Morgan fingerprint density at radius 3 is 2.43 bits per heavy atom. The zero-order valence-electron chi connectivity index (χ0n) is 17.3. The molecular formula is C22H27N5O3. The zero-order valence-corrected chi connectivity index (χ0v) is 17.3. The second-order valence-electron chi connectivity index (χ2n) is 6.89. The molecule has 0 fully saturated rings. The van der Waals surface area contributed by atoms with Crippen LogP contribution in [0.4, 0.5) is 4.79 Å². The summed E-state index contributed by atoms with van der Waals surface area (Å²) >= 11 is 0. The summed E-state index contributed by atoms with van der Waals surface area (Å²) in [6, 6.07) is 17.3. The summed E-state index contributed by atoms with van der Waals surface area (Å²) in [6.07, 6.45) is 1.78. The quantitative estimate of drug-likeness (QED) is 0.530. The molecule has 30 heavy (non-hydrogen) atoms. The van der Waals surface area contributed by atoms with E-state index in [2.05, 4.69) is 27.9 Å². The Hall–Kier alpha value is -3.55. The van der Waals surface area contributed by atoms with Crippen LogP contribution in [0.5, 0.6) is 5.75 Å². The van der Waals surface area contributed by atoms with E-state index in [9.17, 15) is 9.59 Å². The van der Waals surface area contributed by atoms with Crippen LogP contribution < -0.4 is 21.1 Å². The molecule has 0 unspecified atom stereocenters. The second-order valence-corrected chi connectivity index (χ2v) is 6.89. The van der Waals surface area contributed by atoms with Gasteiger partial charge in [-0.25, -0.2) is 14.3 Å². The molecule has 0 bridgehead atoms. The van der Waals surface area contributed by atoms with Crippen molar-refractivity contribution in [1.29, 1.82) is 0 Å². The van der Waals surface area contributed by atoms with Crippen LogP contribution >= 0.6 is 0 Å². The molecule has 2 aromatic carbocycles. The third-order valence-corrected chi connectivity index (χ3v) is 4.77. The molecule has 0 saturated carbocycles. The van der Waals surface area contributed by atoms with Crippen molar-refractivity contribution in [2.24, 2.45) is 7.05 Å². The highest BCUT2D eigenvalue weighted by molar-refractivity contribution is 5.73. The largest absolute Gasteiger partial charge is 0.497 e. The van der Waals surface area contributed by atoms with Crippen molar-refractivity contribution in [3.8, 4) is 17.1 Å². The molecule has 1 heterocycles. The summed E-state index contributed by atoms with van der Waals surface area (Å²) in [5.74, 6) is 1.30. The molecule has 0 atom stereocenters. The van der Waals surface area contributed by atoms with Gasteiger partial charge in [-0.05, 0) is 42.7 Å². The number of nitrogens with one attached hydrogen (secondary N) is 2. The number of nitrogens with zero attached hydrogens (tertiary/aromatic N) is 3. The molecular weight excluding hydrogens is 382 g/mol. The first-order valence-electron chi connectivity index (χ1n) is 9.92. The summed E-state index contributed by atoms with van der Waals surface area (Å²) in [4.78, 5) is 24.4. The standard InChI is InChI=1S/C22H27N5O3/c1-26-20(18-10-12-19(30-2)13-11-18)25-27(22(26)29)16-15-24-21(28)23-14-6-9-17-7-4-3-5-8-17/h3-5,7-8,10-13H,6,9,14-16H2,1-2H3,(H2,23,24,28). The molecule has 2 N–H and O–H groups in total. The lowest BCUT2D eigenvalue weighted by atomic mass is 10.1. The molecule has 8 nitrogen and oxygen atoms in total. The lowest BCUT2D eigenvalue weighted by molar-refractivity contribution is 0.240. The van der Waals surface area contributed by atoms with Gasteiger partial charge in [0, 0.05) is 25.7 Å². The fraction of sp³-hybridized carbons (Fsp3) is 0.318. The Bertz CT molecular complexity index is 1010. The minimum Gasteiger partial charge on any atom is -0.497 e. The first-order valence-corrected chi connectivity index (χ1v) is 9.92. The van der Waals surface area contributed by atoms with Gasteiger partial charge in [-0.15, -0.1) is 5.10 Å². The average Bonchev–Trinajstić information content (AvgIpc) is 3.06. The molecule has 0 aliphatic rings. The van der Waals surface area contributed by atoms with Gasteiger partial charge in [0.05, 0.1) is 13.7 Å². The SMILES string of the molecule is COc1ccc(-c2nn(CCNC(=O)NCCCc3ccccc3)c(=O)n2C)cc1. The van der Waals surface area contributed by atoms with Gasteiger partial charge >= 0.3 is 11.7 Å². The van der Waals surface area contributed by atoms with Gasteiger partial charge in [0.1, 0.15) is 5.75 Å². The molecule has 0 spiro atoms. The lowest BCUT2D eigenvalue weighted by Crippen LogP contribution is -2.39. The predicted molar refractivity (Wildman–Crippen MR) is 116 cm³/mol. The third kappa shape index (κ3) is 5.50. The Labute approximate surface area is 175 Å². The van der Waals surface area contributed by atoms with Crippen LogP contribution in [0, 0.1) is 0 Å². The van der Waals surface area contributed by atoms with E-state index in [0.29, 0.717) is 25.5 Å². The van der Waals surface area contributed by atoms with Crippen LogP contribution in [-0.2, 0) is 20.0 Å². The molecule has 3 aromatic rings. The van der Waals surface area contributed by atoms with Crippen molar-refractivity contribution >= 4 is 6.03 Å². The number of carbonyl (C=O) groups excluding carboxylic acids is 1. The molecule has 0 radical (unpaired) electrons. The summed E-state index contributed by atoms with van der Waals surface area (Å²) in [7, 11) is 3.28. The van der Waals surface area contributed by atoms with Gasteiger partial charge < -0.3 is 15.4 Å². The number of carbonyl (C=O) groups is 1. The van der Waals surface area contributed by atoms with E-state index in [1.54, 1.807) is 14.2 Å². The van der Waals surface area contributed by atoms with Gasteiger partial charge in [-0.1, -0.05) is 30.3 Å². The number of hydrogen-bond acceptors (Lipinski definition) is 4. The summed E-state index contributed by atoms with van der Waals surface area (Å²) in [5, 5.41) is 9.99. The smallest absolute Gasteiger partial charge is 0.345 e. The van der Waals surface area contributed by atoms with Crippen LogP contribution in [0.1, 0.15) is 12.0 Å². The maximum atomic E-state index is 12.4. The van der Waals surface area contributed by atoms with Crippen LogP contribution in [0.3, 0.4) is 0 Å². The second kappa shape index (κ2) is 10.3. The number of urea groups is 1. The van der Waals surface area contributed by atoms with Crippen molar-refractivity contribution in [3.05, 3.63) is 70.6 Å². The number of amides is 2. The highest BCUT2D eigenvalue weighted by Crippen LogP contribution is 2.19. The molecule has 0 aliphatic heterocycles. The van der Waals surface area contributed by atoms with Gasteiger partial charge in [-0.2, -0.15) is 0 Å². The minimum absolute atomic E-state index is 0.231. The molecule has 1 aromatic heterocycles. The molecule has 0 aliphatic carbocycles. The number of benzene rings is 2. The monoisotopic (exact) mass is 409 g/mol. The fourth-order valence-electron chi connectivity index (χ4n) is 3.10. The number of hydrogen-bond donors (Lipinski definition) is 2. The van der Waals surface area contributed by atoms with Crippen molar-refractivity contribution in [1.82, 2.24) is 25.0 Å². The fourth-order valence-corrected chi connectivity index (χ4v) is 3.10. The summed E-state index contributed by atoms with van der Waals surface area (Å²) in [5.41, 5.74) is 1.84. The lowest BCUT2D eigenvalue weighted by Gasteiger charge is -2.07. The molecule has 158 valence electrons. The van der Waals surface area contributed by atoms with Crippen LogP contribution in [0.2, 0.25) is 0 Å². The van der Waals surface area contributed by atoms with Crippen LogP contribution in [0.25, 0.3) is 11.4 Å². The Morgan fingerprint density at radius 2 is 1.73 bits per heavy atom. The van der Waals surface area contributed by atoms with E-state index >= 15 is 0 Å².